The number of hydrogen-bond donors (Lipinski definition) is 1. The van der Waals surface area contributed by atoms with Crippen LogP contribution in [0.4, 0.5) is 14.5 Å². The number of rotatable bonds is 2. The van der Waals surface area contributed by atoms with Gasteiger partial charge in [0.2, 0.25) is 5.65 Å². The molecule has 0 spiro atoms. The summed E-state index contributed by atoms with van der Waals surface area (Å²) in [6.07, 6.45) is 4.46. The fraction of sp³-hybridized carbons (Fsp3) is 0. The zero-order valence-corrected chi connectivity index (χ0v) is 9.42. The fourth-order valence-electron chi connectivity index (χ4n) is 1.53. The van der Waals surface area contributed by atoms with Gasteiger partial charge in [0.1, 0.15) is 12.1 Å². The van der Waals surface area contributed by atoms with Crippen LogP contribution in [0, 0.1) is 11.6 Å². The Balaban J connectivity index is 2.06. The van der Waals surface area contributed by atoms with Gasteiger partial charge in [0, 0.05) is 24.5 Å². The van der Waals surface area contributed by atoms with Gasteiger partial charge in [0.15, 0.2) is 11.6 Å². The molecule has 0 radical (unpaired) electrons. The van der Waals surface area contributed by atoms with E-state index in [1.165, 1.54) is 16.9 Å². The van der Waals surface area contributed by atoms with Crippen LogP contribution in [0.15, 0.2) is 30.9 Å². The number of hydrogen-bond acceptors (Lipinski definition) is 5. The molecule has 0 aliphatic rings. The Morgan fingerprint density at radius 2 is 2.05 bits per heavy atom. The smallest absolute Gasteiger partial charge is 0.265 e. The van der Waals surface area contributed by atoms with Gasteiger partial charge in [0.05, 0.1) is 5.69 Å². The average molecular weight is 263 g/mol. The SMILES string of the molecule is Nc1cc(F)c(Oc2nccn3cnnc23)cc1F. The molecule has 0 aliphatic heterocycles. The van der Waals surface area contributed by atoms with Gasteiger partial charge in [-0.15, -0.1) is 10.2 Å². The molecule has 0 atom stereocenters. The average Bonchev–Trinajstić information content (AvgIpc) is 2.85. The number of benzene rings is 1. The van der Waals surface area contributed by atoms with E-state index in [1.54, 1.807) is 6.20 Å². The predicted molar refractivity (Wildman–Crippen MR) is 61.6 cm³/mol. The lowest BCUT2D eigenvalue weighted by Gasteiger charge is -2.07. The second kappa shape index (κ2) is 4.16. The van der Waals surface area contributed by atoms with E-state index < -0.39 is 11.6 Å². The van der Waals surface area contributed by atoms with Gasteiger partial charge in [-0.1, -0.05) is 0 Å². The van der Waals surface area contributed by atoms with Crippen LogP contribution in [0.2, 0.25) is 0 Å². The van der Waals surface area contributed by atoms with Crippen LogP contribution in [-0.2, 0) is 0 Å². The third-order valence-electron chi connectivity index (χ3n) is 2.44. The maximum Gasteiger partial charge on any atom is 0.265 e. The summed E-state index contributed by atoms with van der Waals surface area (Å²) in [4.78, 5) is 3.90. The summed E-state index contributed by atoms with van der Waals surface area (Å²) in [6.45, 7) is 0. The largest absolute Gasteiger partial charge is 0.433 e. The summed E-state index contributed by atoms with van der Waals surface area (Å²) in [5.74, 6) is -1.87. The van der Waals surface area contributed by atoms with Gasteiger partial charge in [-0.3, -0.25) is 4.40 Å². The fourth-order valence-corrected chi connectivity index (χ4v) is 1.53. The number of halogens is 2. The minimum absolute atomic E-state index is 0.0167. The van der Waals surface area contributed by atoms with Crippen molar-refractivity contribution in [1.82, 2.24) is 19.6 Å². The van der Waals surface area contributed by atoms with Crippen LogP contribution in [0.1, 0.15) is 0 Å². The van der Waals surface area contributed by atoms with Crippen molar-refractivity contribution in [3.8, 4) is 11.6 Å². The number of ether oxygens (including phenoxy) is 1. The predicted octanol–water partition coefficient (Wildman–Crippen LogP) is 1.78. The Morgan fingerprint density at radius 3 is 2.89 bits per heavy atom. The van der Waals surface area contributed by atoms with Crippen LogP contribution in [0.5, 0.6) is 11.6 Å². The molecule has 1 aromatic carbocycles. The van der Waals surface area contributed by atoms with Gasteiger partial charge < -0.3 is 10.5 Å². The summed E-state index contributed by atoms with van der Waals surface area (Å²) in [6, 6.07) is 1.70. The highest BCUT2D eigenvalue weighted by Gasteiger charge is 2.13. The van der Waals surface area contributed by atoms with Gasteiger partial charge >= 0.3 is 0 Å². The van der Waals surface area contributed by atoms with Crippen LogP contribution in [0.3, 0.4) is 0 Å². The molecule has 3 aromatic rings. The second-order valence-electron chi connectivity index (χ2n) is 3.70. The highest BCUT2D eigenvalue weighted by Crippen LogP contribution is 2.28. The summed E-state index contributed by atoms with van der Waals surface area (Å²) in [5, 5.41) is 7.43. The molecule has 96 valence electrons. The van der Waals surface area contributed by atoms with E-state index in [2.05, 4.69) is 15.2 Å². The van der Waals surface area contributed by atoms with Crippen molar-refractivity contribution in [2.75, 3.05) is 5.73 Å². The van der Waals surface area contributed by atoms with Crippen LogP contribution in [0.25, 0.3) is 5.65 Å². The quantitative estimate of drug-likeness (QED) is 0.713. The lowest BCUT2D eigenvalue weighted by molar-refractivity contribution is 0.424. The second-order valence-corrected chi connectivity index (χ2v) is 3.70. The Morgan fingerprint density at radius 1 is 1.21 bits per heavy atom. The van der Waals surface area contributed by atoms with Crippen LogP contribution >= 0.6 is 0 Å². The van der Waals surface area contributed by atoms with Crippen molar-refractivity contribution < 1.29 is 13.5 Å². The molecule has 0 bridgehead atoms. The van der Waals surface area contributed by atoms with E-state index in [0.717, 1.165) is 12.1 Å². The molecule has 8 heteroatoms. The highest BCUT2D eigenvalue weighted by atomic mass is 19.1. The topological polar surface area (TPSA) is 78.3 Å². The van der Waals surface area contributed by atoms with E-state index in [4.69, 9.17) is 10.5 Å². The first-order valence-corrected chi connectivity index (χ1v) is 5.22. The number of nitrogens with two attached hydrogens (primary N) is 1. The number of nitrogens with zero attached hydrogens (tertiary/aromatic N) is 4. The number of aromatic nitrogens is 4. The summed E-state index contributed by atoms with van der Waals surface area (Å²) >= 11 is 0. The summed E-state index contributed by atoms with van der Waals surface area (Å²) in [7, 11) is 0. The van der Waals surface area contributed by atoms with Crippen molar-refractivity contribution >= 4 is 11.3 Å². The van der Waals surface area contributed by atoms with Crippen molar-refractivity contribution in [2.45, 2.75) is 0 Å². The van der Waals surface area contributed by atoms with Crippen molar-refractivity contribution in [3.05, 3.63) is 42.5 Å². The maximum absolute atomic E-state index is 13.6. The lowest BCUT2D eigenvalue weighted by atomic mass is 10.3. The van der Waals surface area contributed by atoms with E-state index in [-0.39, 0.29) is 17.3 Å². The molecule has 0 amide bonds. The van der Waals surface area contributed by atoms with E-state index in [9.17, 15) is 8.78 Å². The molecular formula is C11H7F2N5O. The maximum atomic E-state index is 13.6. The molecule has 0 unspecified atom stereocenters. The Hall–Kier alpha value is -2.77. The third-order valence-corrected chi connectivity index (χ3v) is 2.44. The Bertz CT molecular complexity index is 758. The van der Waals surface area contributed by atoms with Crippen molar-refractivity contribution in [1.29, 1.82) is 0 Å². The zero-order valence-electron chi connectivity index (χ0n) is 9.42. The summed E-state index contributed by atoms with van der Waals surface area (Å²) in [5.41, 5.74) is 5.24. The molecular weight excluding hydrogens is 256 g/mol. The van der Waals surface area contributed by atoms with Gasteiger partial charge in [-0.05, 0) is 0 Å². The van der Waals surface area contributed by atoms with E-state index in [0.29, 0.717) is 5.65 Å². The van der Waals surface area contributed by atoms with Crippen molar-refractivity contribution in [3.63, 3.8) is 0 Å². The molecule has 0 saturated carbocycles. The minimum atomic E-state index is -0.790. The first-order valence-electron chi connectivity index (χ1n) is 5.22. The van der Waals surface area contributed by atoms with E-state index in [1.807, 2.05) is 0 Å². The Kier molecular flexibility index (Phi) is 2.48. The van der Waals surface area contributed by atoms with Gasteiger partial charge in [0.25, 0.3) is 5.88 Å². The Labute approximate surface area is 105 Å². The third kappa shape index (κ3) is 1.92. The van der Waals surface area contributed by atoms with Gasteiger partial charge in [-0.2, -0.15) is 0 Å². The molecule has 2 heterocycles. The number of anilines is 1. The first kappa shape index (κ1) is 11.3. The first-order chi connectivity index (χ1) is 9.15. The molecule has 2 aromatic heterocycles. The van der Waals surface area contributed by atoms with Crippen molar-refractivity contribution in [2.24, 2.45) is 0 Å². The molecule has 2 N–H and O–H groups in total. The molecule has 0 aliphatic carbocycles. The van der Waals surface area contributed by atoms with Gasteiger partial charge in [-0.25, -0.2) is 13.8 Å². The molecule has 6 nitrogen and oxygen atoms in total. The number of fused-ring (bicyclic) bond motifs is 1. The standard InChI is InChI=1S/C11H7F2N5O/c12-6-4-9(7(13)3-8(6)14)19-11-10-17-16-5-18(10)2-1-15-11/h1-5H,14H2. The molecule has 0 fully saturated rings. The monoisotopic (exact) mass is 263 g/mol. The molecule has 0 saturated heterocycles. The lowest BCUT2D eigenvalue weighted by Crippen LogP contribution is -1.98. The van der Waals surface area contributed by atoms with E-state index >= 15 is 0 Å². The van der Waals surface area contributed by atoms with Crippen LogP contribution < -0.4 is 10.5 Å². The normalized spacial score (nSPS) is 10.8. The highest BCUT2D eigenvalue weighted by molar-refractivity contribution is 5.51. The molecule has 3 rings (SSSR count). The zero-order chi connectivity index (χ0) is 13.4. The van der Waals surface area contributed by atoms with Crippen LogP contribution in [-0.4, -0.2) is 19.6 Å². The minimum Gasteiger partial charge on any atom is -0.433 e. The molecule has 19 heavy (non-hydrogen) atoms. The summed E-state index contributed by atoms with van der Waals surface area (Å²) < 4.78 is 33.6. The number of nitrogen functional groups attached to an aromatic ring is 1.